The molecule has 12 heteroatoms. The van der Waals surface area contributed by atoms with Crippen molar-refractivity contribution in [3.8, 4) is 0 Å². The Bertz CT molecular complexity index is 447. The number of hydrogen-bond donors (Lipinski definition) is 2. The van der Waals surface area contributed by atoms with Gasteiger partial charge >= 0.3 is 24.3 Å². The number of hydrogen-bond acceptors (Lipinski definition) is 6. The molecular weight excluding hydrogens is 362 g/mol. The number of methoxy groups -OCH3 is 1. The Morgan fingerprint density at radius 3 is 1.40 bits per heavy atom. The monoisotopic (exact) mass is 384 g/mol. The second-order valence-electron chi connectivity index (χ2n) is 5.57. The summed E-state index contributed by atoms with van der Waals surface area (Å²) < 4.78 is 80.7. The van der Waals surface area contributed by atoms with E-state index in [4.69, 9.17) is 11.5 Å². The molecule has 0 aliphatic heterocycles. The Kier molecular flexibility index (Phi) is 9.47. The van der Waals surface area contributed by atoms with Crippen LogP contribution in [0.15, 0.2) is 0 Å². The van der Waals surface area contributed by atoms with Gasteiger partial charge in [-0.05, 0) is 20.8 Å². The summed E-state index contributed by atoms with van der Waals surface area (Å²) in [6, 6.07) is 0. The number of esters is 2. The third kappa shape index (κ3) is 9.48. The number of carbonyl (C=O) groups is 2. The molecule has 0 aromatic rings. The Labute approximate surface area is 140 Å². The van der Waals surface area contributed by atoms with E-state index in [1.54, 1.807) is 0 Å². The highest BCUT2D eigenvalue weighted by atomic mass is 19.4. The van der Waals surface area contributed by atoms with E-state index in [0.29, 0.717) is 0 Å². The van der Waals surface area contributed by atoms with Gasteiger partial charge < -0.3 is 20.9 Å². The fourth-order valence-corrected chi connectivity index (χ4v) is 1.08. The molecule has 0 heterocycles. The first-order chi connectivity index (χ1) is 10.9. The predicted molar refractivity (Wildman–Crippen MR) is 75.2 cm³/mol. The zero-order valence-corrected chi connectivity index (χ0v) is 14.2. The second-order valence-corrected chi connectivity index (χ2v) is 5.57. The van der Waals surface area contributed by atoms with Crippen LogP contribution in [0.1, 0.15) is 33.6 Å². The van der Waals surface area contributed by atoms with Gasteiger partial charge in [0.05, 0.1) is 26.6 Å². The summed E-state index contributed by atoms with van der Waals surface area (Å²) in [6.45, 7) is 3.06. The normalized spacial score (nSPS) is 16.6. The number of alkyl halides is 6. The average molecular weight is 384 g/mol. The molecule has 0 bridgehead atoms. The molecule has 2 atom stereocenters. The van der Waals surface area contributed by atoms with Gasteiger partial charge in [-0.3, -0.25) is 9.59 Å². The van der Waals surface area contributed by atoms with Gasteiger partial charge in [0, 0.05) is 0 Å². The lowest BCUT2D eigenvalue weighted by atomic mass is 9.99. The minimum Gasteiger partial charge on any atom is -0.469 e. The summed E-state index contributed by atoms with van der Waals surface area (Å²) in [5.41, 5.74) is 4.72. The third-order valence-electron chi connectivity index (χ3n) is 2.85. The number of ether oxygens (including phenoxy) is 2. The molecule has 25 heavy (non-hydrogen) atoms. The fourth-order valence-electron chi connectivity index (χ4n) is 1.08. The molecule has 0 saturated heterocycles. The van der Waals surface area contributed by atoms with Crippen molar-refractivity contribution in [2.45, 2.75) is 57.0 Å². The van der Waals surface area contributed by atoms with Crippen molar-refractivity contribution >= 4 is 11.9 Å². The molecule has 2 unspecified atom stereocenters. The molecule has 0 aromatic heterocycles. The van der Waals surface area contributed by atoms with Crippen LogP contribution in [0.5, 0.6) is 0 Å². The number of rotatable bonds is 5. The molecular formula is C13H22F6N2O4. The van der Waals surface area contributed by atoms with Crippen LogP contribution in [0, 0.1) is 0 Å². The highest BCUT2D eigenvalue weighted by Crippen LogP contribution is 2.31. The first kappa shape index (κ1) is 25.7. The summed E-state index contributed by atoms with van der Waals surface area (Å²) in [5.74, 6) is -1.91. The Balaban J connectivity index is 0. The Morgan fingerprint density at radius 2 is 1.16 bits per heavy atom. The highest BCUT2D eigenvalue weighted by molar-refractivity contribution is 5.71. The van der Waals surface area contributed by atoms with Crippen molar-refractivity contribution in [2.24, 2.45) is 11.5 Å². The Morgan fingerprint density at radius 1 is 0.840 bits per heavy atom. The molecule has 0 aliphatic carbocycles. The van der Waals surface area contributed by atoms with Gasteiger partial charge in [-0.15, -0.1) is 0 Å². The van der Waals surface area contributed by atoms with Crippen molar-refractivity contribution < 1.29 is 45.4 Å². The van der Waals surface area contributed by atoms with E-state index >= 15 is 0 Å². The number of halogens is 6. The van der Waals surface area contributed by atoms with Crippen LogP contribution in [0.4, 0.5) is 26.3 Å². The lowest BCUT2D eigenvalue weighted by Gasteiger charge is -2.26. The van der Waals surface area contributed by atoms with E-state index in [1.165, 1.54) is 6.92 Å². The molecule has 0 spiro atoms. The SMILES string of the molecule is CCOC(=O)CC(C)(N)C(F)(F)F.COC(=O)CC(C)(N)C(F)(F)F. The van der Waals surface area contributed by atoms with Crippen LogP contribution in [0.25, 0.3) is 0 Å². The van der Waals surface area contributed by atoms with Gasteiger partial charge in [0.15, 0.2) is 0 Å². The van der Waals surface area contributed by atoms with Crippen molar-refractivity contribution in [3.63, 3.8) is 0 Å². The molecule has 0 aliphatic rings. The fraction of sp³-hybridized carbons (Fsp3) is 0.846. The maximum absolute atomic E-state index is 12.1. The van der Waals surface area contributed by atoms with Crippen LogP contribution < -0.4 is 11.5 Å². The second kappa shape index (κ2) is 9.22. The van der Waals surface area contributed by atoms with Crippen LogP contribution in [0.3, 0.4) is 0 Å². The maximum atomic E-state index is 12.1. The smallest absolute Gasteiger partial charge is 0.406 e. The molecule has 0 amide bonds. The molecule has 150 valence electrons. The largest absolute Gasteiger partial charge is 0.469 e. The first-order valence-electron chi connectivity index (χ1n) is 6.85. The van der Waals surface area contributed by atoms with E-state index in [1.807, 2.05) is 0 Å². The minimum atomic E-state index is -4.60. The molecule has 4 N–H and O–H groups in total. The van der Waals surface area contributed by atoms with Gasteiger partial charge in [-0.1, -0.05) is 0 Å². The lowest BCUT2D eigenvalue weighted by molar-refractivity contribution is -0.189. The summed E-state index contributed by atoms with van der Waals surface area (Å²) in [5, 5.41) is 0. The summed E-state index contributed by atoms with van der Waals surface area (Å²) in [7, 11) is 1.01. The number of nitrogens with two attached hydrogens (primary N) is 2. The molecule has 0 saturated carbocycles. The quantitative estimate of drug-likeness (QED) is 0.555. The molecule has 0 rings (SSSR count). The Hall–Kier alpha value is -1.56. The topological polar surface area (TPSA) is 105 Å². The van der Waals surface area contributed by atoms with E-state index < -0.39 is 48.2 Å². The first-order valence-corrected chi connectivity index (χ1v) is 6.85. The van der Waals surface area contributed by atoms with Crippen LogP contribution in [-0.2, 0) is 19.1 Å². The van der Waals surface area contributed by atoms with Crippen molar-refractivity contribution in [1.82, 2.24) is 0 Å². The van der Waals surface area contributed by atoms with Crippen molar-refractivity contribution in [2.75, 3.05) is 13.7 Å². The van der Waals surface area contributed by atoms with Crippen molar-refractivity contribution in [1.29, 1.82) is 0 Å². The summed E-state index contributed by atoms with van der Waals surface area (Å²) in [4.78, 5) is 21.2. The van der Waals surface area contributed by atoms with Gasteiger partial charge in [0.25, 0.3) is 0 Å². The molecule has 6 nitrogen and oxygen atoms in total. The average Bonchev–Trinajstić information content (AvgIpc) is 2.35. The van der Waals surface area contributed by atoms with E-state index in [0.717, 1.165) is 21.0 Å². The minimum absolute atomic E-state index is 0.0484. The predicted octanol–water partition coefficient (Wildman–Crippen LogP) is 2.05. The molecule has 0 aromatic carbocycles. The van der Waals surface area contributed by atoms with Crippen molar-refractivity contribution in [3.05, 3.63) is 0 Å². The number of carbonyl (C=O) groups excluding carboxylic acids is 2. The van der Waals surface area contributed by atoms with Crippen LogP contribution >= 0.6 is 0 Å². The van der Waals surface area contributed by atoms with Gasteiger partial charge in [-0.2, -0.15) is 26.3 Å². The zero-order valence-electron chi connectivity index (χ0n) is 14.2. The summed E-state index contributed by atoms with van der Waals surface area (Å²) in [6.07, 6.45) is -10.9. The lowest BCUT2D eigenvalue weighted by Crippen LogP contribution is -2.52. The van der Waals surface area contributed by atoms with E-state index in [-0.39, 0.29) is 6.61 Å². The molecule has 0 fully saturated rings. The molecule has 0 radical (unpaired) electrons. The zero-order chi connectivity index (χ0) is 20.7. The van der Waals surface area contributed by atoms with E-state index in [9.17, 15) is 35.9 Å². The third-order valence-corrected chi connectivity index (χ3v) is 2.85. The van der Waals surface area contributed by atoms with Crippen LogP contribution in [0.2, 0.25) is 0 Å². The standard InChI is InChI=1S/C7H12F3NO2.C6H10F3NO2/c1-3-13-5(12)4-6(2,11)7(8,9)10;1-5(10,6(7,8)9)3-4(11)12-2/h3-4,11H2,1-2H3;3,10H2,1-2H3. The highest BCUT2D eigenvalue weighted by Gasteiger charge is 2.50. The summed E-state index contributed by atoms with van der Waals surface area (Å²) >= 11 is 0. The van der Waals surface area contributed by atoms with Crippen LogP contribution in [-0.4, -0.2) is 49.1 Å². The van der Waals surface area contributed by atoms with E-state index in [2.05, 4.69) is 9.47 Å². The maximum Gasteiger partial charge on any atom is 0.406 e. The van der Waals surface area contributed by atoms with Gasteiger partial charge in [-0.25, -0.2) is 0 Å². The van der Waals surface area contributed by atoms with Gasteiger partial charge in [0.1, 0.15) is 11.1 Å². The van der Waals surface area contributed by atoms with Gasteiger partial charge in [0.2, 0.25) is 0 Å².